The molecule has 4 unspecified atom stereocenters. The van der Waals surface area contributed by atoms with E-state index in [-0.39, 0.29) is 89.8 Å². The van der Waals surface area contributed by atoms with Crippen molar-refractivity contribution in [3.8, 4) is 0 Å². The first-order valence-electron chi connectivity index (χ1n) is 18.0. The maximum Gasteiger partial charge on any atom is 6.00 e. The number of hydrogen-bond acceptors (Lipinski definition) is 24. The van der Waals surface area contributed by atoms with E-state index in [1.807, 2.05) is 0 Å². The molecule has 0 N–H and O–H groups in total. The summed E-state index contributed by atoms with van der Waals surface area (Å²) in [6, 6.07) is 0. The Labute approximate surface area is 407 Å². The van der Waals surface area contributed by atoms with Crippen molar-refractivity contribution in [3.63, 3.8) is 0 Å². The van der Waals surface area contributed by atoms with Crippen LogP contribution in [0.25, 0.3) is 0 Å². The molecule has 0 spiro atoms. The van der Waals surface area contributed by atoms with Gasteiger partial charge in [-0.25, -0.2) is 28.2 Å². The normalized spacial score (nSPS) is 12.4. The third-order valence-corrected chi connectivity index (χ3v) is 10.8. The zero-order valence-corrected chi connectivity index (χ0v) is 39.7. The van der Waals surface area contributed by atoms with Crippen LogP contribution in [0, 0.1) is 68.2 Å². The molecular formula is C32H36N12O17S4Tc. The van der Waals surface area contributed by atoms with Crippen LogP contribution in [0.5, 0.6) is 0 Å². The quantitative estimate of drug-likeness (QED) is 0.0332. The maximum absolute atomic E-state index is 12.1. The zero-order valence-electron chi connectivity index (χ0n) is 34.6. The van der Waals surface area contributed by atoms with Gasteiger partial charge in [0.2, 0.25) is 0 Å². The molecule has 4 aromatic heterocycles. The van der Waals surface area contributed by atoms with Crippen LogP contribution < -0.4 is 0 Å². The third-order valence-electron chi connectivity index (χ3n) is 8.55. The average molecular weight is 1090 g/mol. The molecule has 4 aromatic rings. The van der Waals surface area contributed by atoms with Crippen LogP contribution >= 0.6 is 0 Å². The minimum Gasteiger partial charge on any atom is -2.00 e. The number of rotatable bonds is 22. The summed E-state index contributed by atoms with van der Waals surface area (Å²) < 4.78 is 24.9. The van der Waals surface area contributed by atoms with Gasteiger partial charge in [0, 0.05) is 13.8 Å². The average Bonchev–Trinajstić information content (AvgIpc) is 4.02. The molecule has 4 rings (SSSR count). The fourth-order valence-corrected chi connectivity index (χ4v) is 5.99. The Morgan fingerprint density at radius 1 is 0.500 bits per heavy atom. The number of esters is 4. The molecular weight excluding hydrogens is 1050 g/mol. The molecule has 357 valence electrons. The van der Waals surface area contributed by atoms with Crippen LogP contribution in [0.1, 0.15) is 23.0 Å². The molecule has 0 aliphatic rings. The molecule has 0 saturated carbocycles. The van der Waals surface area contributed by atoms with Crippen LogP contribution in [0.2, 0.25) is 0 Å². The minimum atomic E-state index is -1.43. The molecule has 0 aromatic carbocycles. The molecule has 0 fully saturated rings. The van der Waals surface area contributed by atoms with Gasteiger partial charge in [-0.15, -0.1) is 0 Å². The first-order chi connectivity index (χ1) is 30.1. The number of carbonyl (C=O) groups excluding carboxylic acids is 4. The Balaban J connectivity index is 0.000000641. The van der Waals surface area contributed by atoms with E-state index in [2.05, 4.69) is 19.9 Å². The Kier molecular flexibility index (Phi) is 23.9. The van der Waals surface area contributed by atoms with E-state index in [1.165, 1.54) is 30.7 Å². The molecule has 1 radical (unpaired) electrons. The van der Waals surface area contributed by atoms with E-state index in [0.29, 0.717) is 23.0 Å². The second-order valence-corrected chi connectivity index (χ2v) is 14.7. The maximum atomic E-state index is 12.1. The molecule has 4 heterocycles. The molecule has 66 heavy (non-hydrogen) atoms. The second-order valence-electron chi connectivity index (χ2n) is 12.7. The Bertz CT molecular complexity index is 2050. The molecule has 0 bridgehead atoms. The summed E-state index contributed by atoms with van der Waals surface area (Å²) in [4.78, 5) is 105. The molecule has 0 aliphatic carbocycles. The predicted molar refractivity (Wildman–Crippen MR) is 224 cm³/mol. The fourth-order valence-electron chi connectivity index (χ4n) is 5.27. The van der Waals surface area contributed by atoms with E-state index in [4.69, 9.17) is 69.5 Å². The van der Waals surface area contributed by atoms with Crippen LogP contribution in [-0.4, -0.2) is 129 Å². The van der Waals surface area contributed by atoms with Gasteiger partial charge in [-0.3, -0.25) is 19.2 Å². The molecule has 0 saturated heterocycles. The Hall–Kier alpha value is -5.67. The largest absolute Gasteiger partial charge is 6.00 e. The van der Waals surface area contributed by atoms with Crippen molar-refractivity contribution in [2.24, 2.45) is 0 Å². The zero-order chi connectivity index (χ0) is 48.0. The van der Waals surface area contributed by atoms with Crippen LogP contribution in [0.4, 0.5) is 23.5 Å². The van der Waals surface area contributed by atoms with Crippen molar-refractivity contribution >= 4 is 97.9 Å². The van der Waals surface area contributed by atoms with Gasteiger partial charge in [-0.05, 0) is 33.5 Å². The van der Waals surface area contributed by atoms with Gasteiger partial charge >= 0.3 is 43.6 Å². The van der Waals surface area contributed by atoms with Gasteiger partial charge < -0.3 is 115 Å². The third kappa shape index (κ3) is 15.7. The summed E-state index contributed by atoms with van der Waals surface area (Å²) >= 11 is 19.8. The van der Waals surface area contributed by atoms with Gasteiger partial charge in [-0.1, -0.05) is 31.0 Å². The van der Waals surface area contributed by atoms with Gasteiger partial charge in [0.15, 0.2) is 11.6 Å². The molecule has 0 amide bonds. The van der Waals surface area contributed by atoms with Crippen LogP contribution in [0.3, 0.4) is 0 Å². The van der Waals surface area contributed by atoms with E-state index in [9.17, 15) is 59.6 Å². The van der Waals surface area contributed by atoms with E-state index < -0.39 is 76.5 Å². The topological polar surface area (TPSA) is 378 Å². The van der Waals surface area contributed by atoms with E-state index >= 15 is 0 Å². The number of imidazole rings is 4. The fraction of sp³-hybridized carbons (Fsp3) is 0.500. The molecule has 29 nitrogen and oxygen atoms in total. The van der Waals surface area contributed by atoms with Crippen molar-refractivity contribution < 1.29 is 83.4 Å². The standard InChI is InChI=1S/2C16H20N6O8S2.O.Tc/c2*1-9-7-18-16(22(27)28)19(9)3-5-29-14(23)12(31)13(32)15(24)30-6-4-20-10(2)17-8-11(20)21(25)26;;/h2*7-8,12-13,31-32H,3-6H2,1-2H3;;/q;;-2;+6/p-4/i;;;1+1. The van der Waals surface area contributed by atoms with Gasteiger partial charge in [-0.2, -0.15) is 0 Å². The number of hydrogen-bond donors (Lipinski definition) is 0. The molecule has 0 aliphatic heterocycles. The van der Waals surface area contributed by atoms with Crippen molar-refractivity contribution in [2.45, 2.75) is 74.9 Å². The monoisotopic (exact) mass is 1090 g/mol. The second kappa shape index (κ2) is 27.1. The smallest absolute Gasteiger partial charge is 2.00 e. The predicted octanol–water partition coefficient (Wildman–Crippen LogP) is 0.140. The van der Waals surface area contributed by atoms with Crippen LogP contribution in [-0.2, 0) is 140 Å². The summed E-state index contributed by atoms with van der Waals surface area (Å²) in [5.74, 6) is -4.37. The molecule has 34 heteroatoms. The van der Waals surface area contributed by atoms with Crippen LogP contribution in [0.15, 0.2) is 24.8 Å². The number of aryl methyl sites for hydroxylation is 4. The van der Waals surface area contributed by atoms with Gasteiger partial charge in [0.05, 0.1) is 0 Å². The first kappa shape index (κ1) is 58.3. The van der Waals surface area contributed by atoms with Crippen molar-refractivity contribution in [3.05, 3.63) is 88.3 Å². The minimum absolute atomic E-state index is 0. The number of nitro groups is 4. The number of nitrogens with zero attached hydrogens (tertiary/aromatic N) is 12. The Morgan fingerprint density at radius 3 is 1.00 bits per heavy atom. The number of ether oxygens (including phenoxy) is 4. The van der Waals surface area contributed by atoms with Gasteiger partial charge in [0.1, 0.15) is 88.8 Å². The number of carbonyl (C=O) groups is 4. The summed E-state index contributed by atoms with van der Waals surface area (Å²) in [6.07, 6.45) is 4.79. The van der Waals surface area contributed by atoms with Crippen molar-refractivity contribution in [1.29, 1.82) is 0 Å². The summed E-state index contributed by atoms with van der Waals surface area (Å²) in [5, 5.41) is 38.0. The van der Waals surface area contributed by atoms with Gasteiger partial charge in [0.25, 0.3) is 23.9 Å². The summed E-state index contributed by atoms with van der Waals surface area (Å²) in [7, 11) is 0. The van der Waals surface area contributed by atoms with Crippen molar-refractivity contribution in [2.75, 3.05) is 26.4 Å². The SMILES string of the molecule is Cc1cnc([N+](=O)[O-])n1CCOC(=O)C([S-])C([S-])C(=O)OCCn1c([N+](=O)[O-])cnc1C.Cc1cnc([N+](=O)[O-])n1CCOC(=O)C([S-])C([S-])C(=O)OCCn1c([N+](=O)[O-])cnc1C.[99Tc+6].[O-2]. The first-order valence-corrected chi connectivity index (χ1v) is 19.9. The van der Waals surface area contributed by atoms with E-state index in [1.54, 1.807) is 27.7 Å². The number of aromatic nitrogens is 8. The molecule has 4 atom stereocenters. The summed E-state index contributed by atoms with van der Waals surface area (Å²) in [5.41, 5.74) is 1.00. The summed E-state index contributed by atoms with van der Waals surface area (Å²) in [6.45, 7) is 5.19. The van der Waals surface area contributed by atoms with E-state index in [0.717, 1.165) is 12.4 Å². The van der Waals surface area contributed by atoms with Crippen molar-refractivity contribution in [1.82, 2.24) is 38.2 Å². The Morgan fingerprint density at radius 2 is 0.758 bits per heavy atom.